The van der Waals surface area contributed by atoms with Crippen LogP contribution in [0.25, 0.3) is 0 Å². The molecule has 3 rings (SSSR count). The van der Waals surface area contributed by atoms with Crippen molar-refractivity contribution < 1.29 is 19.1 Å². The summed E-state index contributed by atoms with van der Waals surface area (Å²) in [7, 11) is 1.74. The Hall–Kier alpha value is -2.86. The molecule has 1 heterocycles. The Morgan fingerprint density at radius 3 is 2.30 bits per heavy atom. The Morgan fingerprint density at radius 1 is 1.04 bits per heavy atom. The lowest BCUT2D eigenvalue weighted by molar-refractivity contribution is -0.137. The van der Waals surface area contributed by atoms with Crippen LogP contribution in [-0.4, -0.2) is 56.7 Å². The predicted octanol–water partition coefficient (Wildman–Crippen LogP) is 2.51. The molecule has 2 amide bonds. The molecule has 0 aliphatic carbocycles. The summed E-state index contributed by atoms with van der Waals surface area (Å²) in [6, 6.07) is 14.6. The number of ether oxygens (including phenoxy) is 2. The van der Waals surface area contributed by atoms with E-state index >= 15 is 0 Å². The highest BCUT2D eigenvalue weighted by Gasteiger charge is 2.17. The van der Waals surface area contributed by atoms with E-state index in [1.54, 1.807) is 41.1 Å². The highest BCUT2D eigenvalue weighted by molar-refractivity contribution is 6.05. The molecule has 0 aromatic heterocycles. The van der Waals surface area contributed by atoms with Crippen molar-refractivity contribution in [3.63, 3.8) is 0 Å². The first kappa shape index (κ1) is 18.9. The molecule has 1 saturated heterocycles. The van der Waals surface area contributed by atoms with Gasteiger partial charge < -0.3 is 19.3 Å². The number of hydrogen-bond donors (Lipinski definition) is 0. The molecule has 2 aromatic rings. The van der Waals surface area contributed by atoms with Gasteiger partial charge >= 0.3 is 0 Å². The van der Waals surface area contributed by atoms with Crippen molar-refractivity contribution in [2.45, 2.75) is 6.92 Å². The summed E-state index contributed by atoms with van der Waals surface area (Å²) in [5.41, 5.74) is 2.51. The van der Waals surface area contributed by atoms with Crippen molar-refractivity contribution in [2.75, 3.05) is 44.9 Å². The Morgan fingerprint density at radius 2 is 1.67 bits per heavy atom. The number of morpholine rings is 1. The number of nitrogens with zero attached hydrogens (tertiary/aromatic N) is 2. The minimum absolute atomic E-state index is 0.00250. The average Bonchev–Trinajstić information content (AvgIpc) is 2.72. The minimum Gasteiger partial charge on any atom is -0.484 e. The fourth-order valence-corrected chi connectivity index (χ4v) is 2.82. The number of hydrogen-bond acceptors (Lipinski definition) is 4. The number of amides is 2. The third-order valence-corrected chi connectivity index (χ3v) is 4.55. The van der Waals surface area contributed by atoms with Crippen molar-refractivity contribution >= 4 is 17.5 Å². The largest absolute Gasteiger partial charge is 0.484 e. The monoisotopic (exact) mass is 368 g/mol. The van der Waals surface area contributed by atoms with E-state index in [1.165, 1.54) is 0 Å². The van der Waals surface area contributed by atoms with Crippen LogP contribution in [0.3, 0.4) is 0 Å². The fourth-order valence-electron chi connectivity index (χ4n) is 2.82. The highest BCUT2D eigenvalue weighted by Crippen LogP contribution is 2.20. The topological polar surface area (TPSA) is 59.1 Å². The van der Waals surface area contributed by atoms with Crippen LogP contribution < -0.4 is 9.64 Å². The lowest BCUT2D eigenvalue weighted by atomic mass is 10.1. The van der Waals surface area contributed by atoms with Crippen LogP contribution in [-0.2, 0) is 9.53 Å². The molecule has 0 spiro atoms. The zero-order chi connectivity index (χ0) is 19.2. The zero-order valence-electron chi connectivity index (χ0n) is 15.7. The number of benzene rings is 2. The van der Waals surface area contributed by atoms with Crippen molar-refractivity contribution in [1.82, 2.24) is 4.90 Å². The number of rotatable bonds is 5. The first-order valence-corrected chi connectivity index (χ1v) is 8.98. The number of carbonyl (C=O) groups is 2. The SMILES string of the molecule is Cc1ccc(C(=O)N(C)c2ccc(OCC(=O)N3CCOCC3)cc2)cc1. The quantitative estimate of drug-likeness (QED) is 0.814. The van der Waals surface area contributed by atoms with Gasteiger partial charge in [0, 0.05) is 31.4 Å². The van der Waals surface area contributed by atoms with Crippen molar-refractivity contribution in [3.8, 4) is 5.75 Å². The molecule has 1 fully saturated rings. The average molecular weight is 368 g/mol. The number of carbonyl (C=O) groups excluding carboxylic acids is 2. The van der Waals surface area contributed by atoms with Crippen LogP contribution in [0.5, 0.6) is 5.75 Å². The standard InChI is InChI=1S/C21H24N2O4/c1-16-3-5-17(6-4-16)21(25)22(2)18-7-9-19(10-8-18)27-15-20(24)23-11-13-26-14-12-23/h3-10H,11-15H2,1-2H3. The zero-order valence-corrected chi connectivity index (χ0v) is 15.7. The molecular weight excluding hydrogens is 344 g/mol. The summed E-state index contributed by atoms with van der Waals surface area (Å²) >= 11 is 0. The Bertz CT molecular complexity index is 781. The molecule has 1 aliphatic rings. The van der Waals surface area contributed by atoms with E-state index in [1.807, 2.05) is 31.2 Å². The van der Waals surface area contributed by atoms with E-state index in [4.69, 9.17) is 9.47 Å². The number of aryl methyl sites for hydroxylation is 1. The Kier molecular flexibility index (Phi) is 6.08. The van der Waals surface area contributed by atoms with Crippen LogP contribution in [0, 0.1) is 6.92 Å². The van der Waals surface area contributed by atoms with Crippen molar-refractivity contribution in [1.29, 1.82) is 0 Å². The Balaban J connectivity index is 1.56. The first-order valence-electron chi connectivity index (χ1n) is 8.98. The molecule has 142 valence electrons. The van der Waals surface area contributed by atoms with Gasteiger partial charge in [0.2, 0.25) is 0 Å². The normalized spacial score (nSPS) is 13.9. The van der Waals surface area contributed by atoms with Gasteiger partial charge in [-0.15, -0.1) is 0 Å². The molecule has 0 atom stereocenters. The van der Waals surface area contributed by atoms with Crippen LogP contribution in [0.1, 0.15) is 15.9 Å². The lowest BCUT2D eigenvalue weighted by Crippen LogP contribution is -2.42. The highest BCUT2D eigenvalue weighted by atomic mass is 16.5. The van der Waals surface area contributed by atoms with Crippen LogP contribution >= 0.6 is 0 Å². The fraction of sp³-hybridized carbons (Fsp3) is 0.333. The molecule has 6 heteroatoms. The maximum atomic E-state index is 12.6. The Labute approximate surface area is 159 Å². The minimum atomic E-state index is -0.0776. The molecule has 0 saturated carbocycles. The van der Waals surface area contributed by atoms with E-state index in [9.17, 15) is 9.59 Å². The van der Waals surface area contributed by atoms with E-state index in [0.29, 0.717) is 37.6 Å². The maximum absolute atomic E-state index is 12.6. The van der Waals surface area contributed by atoms with Gasteiger partial charge in [0.05, 0.1) is 13.2 Å². The van der Waals surface area contributed by atoms with Crippen LogP contribution in [0.4, 0.5) is 5.69 Å². The maximum Gasteiger partial charge on any atom is 0.260 e. The summed E-state index contributed by atoms with van der Waals surface area (Å²) in [6.45, 7) is 4.33. The second-order valence-corrected chi connectivity index (χ2v) is 6.51. The molecular formula is C21H24N2O4. The van der Waals surface area contributed by atoms with Gasteiger partial charge in [-0.3, -0.25) is 9.59 Å². The van der Waals surface area contributed by atoms with Gasteiger partial charge in [0.15, 0.2) is 6.61 Å². The third-order valence-electron chi connectivity index (χ3n) is 4.55. The van der Waals surface area contributed by atoms with Crippen LogP contribution in [0.2, 0.25) is 0 Å². The molecule has 0 bridgehead atoms. The lowest BCUT2D eigenvalue weighted by Gasteiger charge is -2.26. The van der Waals surface area contributed by atoms with Crippen LogP contribution in [0.15, 0.2) is 48.5 Å². The molecule has 0 unspecified atom stereocenters. The smallest absolute Gasteiger partial charge is 0.260 e. The second-order valence-electron chi connectivity index (χ2n) is 6.51. The third kappa shape index (κ3) is 4.86. The van der Waals surface area contributed by atoms with Crippen molar-refractivity contribution in [3.05, 3.63) is 59.7 Å². The summed E-state index contributed by atoms with van der Waals surface area (Å²) < 4.78 is 10.8. The molecule has 0 radical (unpaired) electrons. The van der Waals surface area contributed by atoms with E-state index < -0.39 is 0 Å². The van der Waals surface area contributed by atoms with Gasteiger partial charge in [-0.05, 0) is 43.3 Å². The van der Waals surface area contributed by atoms with Gasteiger partial charge in [-0.1, -0.05) is 17.7 Å². The molecule has 1 aliphatic heterocycles. The van der Waals surface area contributed by atoms with E-state index in [2.05, 4.69) is 0 Å². The van der Waals surface area contributed by atoms with Gasteiger partial charge in [-0.25, -0.2) is 0 Å². The molecule has 27 heavy (non-hydrogen) atoms. The number of anilines is 1. The predicted molar refractivity (Wildman–Crippen MR) is 103 cm³/mol. The molecule has 0 N–H and O–H groups in total. The van der Waals surface area contributed by atoms with Gasteiger partial charge in [0.25, 0.3) is 11.8 Å². The first-order chi connectivity index (χ1) is 13.0. The van der Waals surface area contributed by atoms with Gasteiger partial charge in [-0.2, -0.15) is 0 Å². The summed E-state index contributed by atoms with van der Waals surface area (Å²) in [5, 5.41) is 0. The van der Waals surface area contributed by atoms with E-state index in [0.717, 1.165) is 11.3 Å². The summed E-state index contributed by atoms with van der Waals surface area (Å²) in [5.74, 6) is 0.469. The van der Waals surface area contributed by atoms with Crippen molar-refractivity contribution in [2.24, 2.45) is 0 Å². The second kappa shape index (κ2) is 8.68. The molecule has 6 nitrogen and oxygen atoms in total. The summed E-state index contributed by atoms with van der Waals surface area (Å²) in [4.78, 5) is 28.0. The molecule has 2 aromatic carbocycles. The van der Waals surface area contributed by atoms with Gasteiger partial charge in [0.1, 0.15) is 5.75 Å². The summed E-state index contributed by atoms with van der Waals surface area (Å²) in [6.07, 6.45) is 0. The van der Waals surface area contributed by atoms with E-state index in [-0.39, 0.29) is 18.4 Å².